The minimum Gasteiger partial charge on any atom is -0.487 e. The molecule has 1 amide bonds. The number of hydrogen-bond acceptors (Lipinski definition) is 4. The zero-order chi connectivity index (χ0) is 23.5. The third kappa shape index (κ3) is 6.27. The van der Waals surface area contributed by atoms with Crippen molar-refractivity contribution in [2.24, 2.45) is 5.10 Å². The van der Waals surface area contributed by atoms with Crippen LogP contribution < -0.4 is 10.2 Å². The first kappa shape index (κ1) is 24.9. The molecule has 1 N–H and O–H groups in total. The number of nitrogens with one attached hydrogen (secondary N) is 1. The van der Waals surface area contributed by atoms with E-state index in [0.29, 0.717) is 17.9 Å². The smallest absolute Gasteiger partial charge is 0.307 e. The molecule has 4 rings (SSSR count). The average Bonchev–Trinajstić information content (AvgIpc) is 3.19. The van der Waals surface area contributed by atoms with Crippen LogP contribution in [0.1, 0.15) is 21.7 Å². The van der Waals surface area contributed by atoms with Gasteiger partial charge in [-0.1, -0.05) is 28.1 Å². The van der Waals surface area contributed by atoms with Crippen LogP contribution in [0.2, 0.25) is 0 Å². The highest BCUT2D eigenvalue weighted by Crippen LogP contribution is 2.35. The number of fused-ring (bicyclic) bond motifs is 1. The second kappa shape index (κ2) is 11.0. The number of hydrogen-bond donors (Lipinski definition) is 1. The highest BCUT2D eigenvalue weighted by Gasteiger charge is 2.14. The summed E-state index contributed by atoms with van der Waals surface area (Å²) in [5.41, 5.74) is 4.94. The predicted octanol–water partition coefficient (Wildman–Crippen LogP) is 8.43. The summed E-state index contributed by atoms with van der Waals surface area (Å²) in [6.07, 6.45) is 1.55. The van der Waals surface area contributed by atoms with Gasteiger partial charge in [0.2, 0.25) is 0 Å². The lowest BCUT2D eigenvalue weighted by molar-refractivity contribution is 0.0929. The van der Waals surface area contributed by atoms with Gasteiger partial charge in [-0.05, 0) is 124 Å². The molecule has 0 atom stereocenters. The van der Waals surface area contributed by atoms with E-state index in [-0.39, 0.29) is 5.76 Å². The number of carbonyl (C=O) groups excluding carboxylic acids is 1. The van der Waals surface area contributed by atoms with Crippen LogP contribution in [0, 0.1) is 3.57 Å². The third-order valence-corrected chi connectivity index (χ3v) is 7.40. The predicted molar refractivity (Wildman–Crippen MR) is 152 cm³/mol. The monoisotopic (exact) mass is 808 g/mol. The van der Waals surface area contributed by atoms with Gasteiger partial charge in [0.15, 0.2) is 5.76 Å². The van der Waals surface area contributed by atoms with E-state index < -0.39 is 5.91 Å². The number of amides is 1. The Morgan fingerprint density at radius 3 is 2.39 bits per heavy atom. The van der Waals surface area contributed by atoms with Crippen molar-refractivity contribution >= 4 is 109 Å². The quantitative estimate of drug-likeness (QED) is 0.121. The number of rotatable bonds is 6. The average molecular weight is 812 g/mol. The summed E-state index contributed by atoms with van der Waals surface area (Å²) in [5.74, 6) is 0.414. The van der Waals surface area contributed by atoms with E-state index >= 15 is 0 Å². The fraction of sp³-hybridized carbons (Fsp3) is 0.0435. The van der Waals surface area contributed by atoms with Gasteiger partial charge in [-0.3, -0.25) is 4.79 Å². The summed E-state index contributed by atoms with van der Waals surface area (Å²) in [5, 5.41) is 4.86. The van der Waals surface area contributed by atoms with E-state index in [1.54, 1.807) is 12.3 Å². The second-order valence-electron chi connectivity index (χ2n) is 6.84. The number of benzene rings is 3. The summed E-state index contributed by atoms with van der Waals surface area (Å²) in [6.45, 7) is 0.446. The molecule has 10 heteroatoms. The van der Waals surface area contributed by atoms with Crippen molar-refractivity contribution in [3.8, 4) is 5.75 Å². The number of hydrazone groups is 1. The molecule has 5 nitrogen and oxygen atoms in total. The van der Waals surface area contributed by atoms with Crippen molar-refractivity contribution in [2.45, 2.75) is 6.61 Å². The molecule has 0 unspecified atom stereocenters. The maximum Gasteiger partial charge on any atom is 0.307 e. The van der Waals surface area contributed by atoms with Crippen molar-refractivity contribution in [2.75, 3.05) is 0 Å². The summed E-state index contributed by atoms with van der Waals surface area (Å²) in [6, 6.07) is 17.3. The Kier molecular flexibility index (Phi) is 8.32. The fourth-order valence-corrected chi connectivity index (χ4v) is 6.09. The van der Waals surface area contributed by atoms with Gasteiger partial charge in [0.25, 0.3) is 0 Å². The van der Waals surface area contributed by atoms with Crippen LogP contribution in [0.5, 0.6) is 5.75 Å². The highest BCUT2D eigenvalue weighted by molar-refractivity contribution is 14.1. The van der Waals surface area contributed by atoms with Crippen LogP contribution in [0.15, 0.2) is 82.0 Å². The van der Waals surface area contributed by atoms with E-state index in [0.717, 1.165) is 34.4 Å². The molecule has 0 aliphatic carbocycles. The minimum atomic E-state index is -0.443. The van der Waals surface area contributed by atoms with Crippen LogP contribution in [0.3, 0.4) is 0 Å². The molecular weight excluding hydrogens is 799 g/mol. The normalized spacial score (nSPS) is 11.3. The second-order valence-corrected chi connectivity index (χ2v) is 11.6. The Morgan fingerprint density at radius 2 is 1.70 bits per heavy atom. The first-order valence-electron chi connectivity index (χ1n) is 9.38. The molecule has 0 saturated carbocycles. The lowest BCUT2D eigenvalue weighted by Crippen LogP contribution is -2.16. The zero-order valence-corrected chi connectivity index (χ0v) is 25.0. The van der Waals surface area contributed by atoms with Gasteiger partial charge >= 0.3 is 5.91 Å². The SMILES string of the molecule is O=C(N/N=C\c1cc(Br)c(OCc2ccc(I)cc2)c(Br)c1)c1cc2cc(Br)cc(Br)c2o1. The van der Waals surface area contributed by atoms with Crippen LogP contribution in [0.4, 0.5) is 0 Å². The molecule has 3 aromatic carbocycles. The number of halogens is 5. The molecule has 168 valence electrons. The van der Waals surface area contributed by atoms with Crippen LogP contribution >= 0.6 is 86.3 Å². The van der Waals surface area contributed by atoms with Gasteiger partial charge in [-0.25, -0.2) is 5.43 Å². The largest absolute Gasteiger partial charge is 0.487 e. The van der Waals surface area contributed by atoms with Crippen LogP contribution in [-0.4, -0.2) is 12.1 Å². The molecule has 0 saturated heterocycles. The van der Waals surface area contributed by atoms with Gasteiger partial charge in [0.05, 0.1) is 19.6 Å². The zero-order valence-electron chi connectivity index (χ0n) is 16.5. The van der Waals surface area contributed by atoms with E-state index in [1.807, 2.05) is 48.5 Å². The van der Waals surface area contributed by atoms with E-state index in [9.17, 15) is 4.79 Å². The van der Waals surface area contributed by atoms with Gasteiger partial charge in [0, 0.05) is 13.4 Å². The highest BCUT2D eigenvalue weighted by atomic mass is 127. The summed E-state index contributed by atoms with van der Waals surface area (Å²) >= 11 is 16.2. The van der Waals surface area contributed by atoms with Crippen molar-refractivity contribution < 1.29 is 13.9 Å². The summed E-state index contributed by atoms with van der Waals surface area (Å²) in [7, 11) is 0. The summed E-state index contributed by atoms with van der Waals surface area (Å²) < 4.78 is 16.0. The van der Waals surface area contributed by atoms with Crippen molar-refractivity contribution in [3.05, 3.63) is 92.9 Å². The minimum absolute atomic E-state index is 0.169. The van der Waals surface area contributed by atoms with Crippen molar-refractivity contribution in [1.82, 2.24) is 5.43 Å². The Balaban J connectivity index is 1.42. The first-order valence-corrected chi connectivity index (χ1v) is 13.6. The molecule has 0 fully saturated rings. The van der Waals surface area contributed by atoms with Crippen molar-refractivity contribution in [3.63, 3.8) is 0 Å². The standard InChI is InChI=1S/C23H13Br4IN2O3/c24-15-7-14-8-20(33-21(14)19(27)9-15)23(31)30-29-10-13-5-17(25)22(18(26)6-13)32-11-12-1-3-16(28)4-2-12/h1-10H,11H2,(H,30,31)/b29-10-. The third-order valence-electron chi connectivity index (χ3n) is 4.46. The molecule has 1 heterocycles. The van der Waals surface area contributed by atoms with Gasteiger partial charge in [-0.15, -0.1) is 0 Å². The van der Waals surface area contributed by atoms with E-state index in [2.05, 4.69) is 96.8 Å². The van der Waals surface area contributed by atoms with Crippen molar-refractivity contribution in [1.29, 1.82) is 0 Å². The number of carbonyl (C=O) groups is 1. The van der Waals surface area contributed by atoms with E-state index in [1.165, 1.54) is 3.57 Å². The van der Waals surface area contributed by atoms with Gasteiger partial charge in [0.1, 0.15) is 17.9 Å². The molecule has 33 heavy (non-hydrogen) atoms. The van der Waals surface area contributed by atoms with Gasteiger partial charge in [-0.2, -0.15) is 5.10 Å². The molecular formula is C23H13Br4IN2O3. The maximum atomic E-state index is 12.4. The van der Waals surface area contributed by atoms with E-state index in [4.69, 9.17) is 9.15 Å². The molecule has 4 aromatic rings. The van der Waals surface area contributed by atoms with Gasteiger partial charge < -0.3 is 9.15 Å². The van der Waals surface area contributed by atoms with Crippen LogP contribution in [-0.2, 0) is 6.61 Å². The number of nitrogens with zero attached hydrogens (tertiary/aromatic N) is 1. The Morgan fingerprint density at radius 1 is 1.00 bits per heavy atom. The lowest BCUT2D eigenvalue weighted by Gasteiger charge is -2.11. The number of ether oxygens (including phenoxy) is 1. The number of furan rings is 1. The maximum absolute atomic E-state index is 12.4. The Labute approximate surface area is 237 Å². The first-order chi connectivity index (χ1) is 15.8. The summed E-state index contributed by atoms with van der Waals surface area (Å²) in [4.78, 5) is 12.4. The molecule has 0 bridgehead atoms. The molecule has 0 aliphatic rings. The molecule has 0 spiro atoms. The molecule has 0 radical (unpaired) electrons. The molecule has 1 aromatic heterocycles. The fourth-order valence-electron chi connectivity index (χ4n) is 2.94. The topological polar surface area (TPSA) is 63.8 Å². The lowest BCUT2D eigenvalue weighted by atomic mass is 10.2. The molecule has 0 aliphatic heterocycles. The Bertz CT molecular complexity index is 1350. The van der Waals surface area contributed by atoms with Crippen LogP contribution in [0.25, 0.3) is 11.0 Å². The Hall–Kier alpha value is -1.21.